The molecule has 0 aliphatic carbocycles. The van der Waals surface area contributed by atoms with Gasteiger partial charge in [-0.05, 0) is 42.7 Å². The second-order valence-electron chi connectivity index (χ2n) is 3.84. The molecule has 2 rings (SSSR count). The summed E-state index contributed by atoms with van der Waals surface area (Å²) in [4.78, 5) is 9.22. The van der Waals surface area contributed by atoms with Crippen LogP contribution in [0, 0.1) is 13.8 Å². The summed E-state index contributed by atoms with van der Waals surface area (Å²) < 4.78 is 14.2. The maximum atomic E-state index is 11.2. The van der Waals surface area contributed by atoms with Crippen molar-refractivity contribution < 1.29 is 9.46 Å². The molecule has 0 spiro atoms. The van der Waals surface area contributed by atoms with Gasteiger partial charge in [0.1, 0.15) is 0 Å². The number of hydrogen-bond donors (Lipinski definition) is 1. The van der Waals surface area contributed by atoms with Gasteiger partial charge in [-0.25, -0.2) is 0 Å². The highest BCUT2D eigenvalue weighted by molar-refractivity contribution is 9.10. The normalized spacial score (nSPS) is 11.6. The molecule has 0 aliphatic rings. The van der Waals surface area contributed by atoms with Crippen LogP contribution in [0.5, 0.6) is 0 Å². The van der Waals surface area contributed by atoms with Gasteiger partial charge in [0.2, 0.25) is 5.30 Å². The number of nitrogens with zero attached hydrogens (tertiary/aromatic N) is 1. The fourth-order valence-corrected chi connectivity index (χ4v) is 2.87. The Kier molecular flexibility index (Phi) is 3.48. The number of hydrogen-bond acceptors (Lipinski definition) is 1. The first-order valence-electron chi connectivity index (χ1n) is 5.11. The van der Waals surface area contributed by atoms with E-state index < -0.39 is 8.03 Å². The third kappa shape index (κ3) is 2.34. The van der Waals surface area contributed by atoms with Crippen molar-refractivity contribution in [1.29, 1.82) is 0 Å². The molecule has 1 aromatic carbocycles. The lowest BCUT2D eigenvalue weighted by atomic mass is 10.3. The fourth-order valence-electron chi connectivity index (χ4n) is 1.93. The zero-order chi connectivity index (χ0) is 12.6. The van der Waals surface area contributed by atoms with Crippen LogP contribution in [0.1, 0.15) is 11.4 Å². The van der Waals surface area contributed by atoms with Crippen LogP contribution in [-0.4, -0.2) is 9.46 Å². The first kappa shape index (κ1) is 12.5. The van der Waals surface area contributed by atoms with E-state index in [4.69, 9.17) is 0 Å². The Balaban J connectivity index is 2.59. The van der Waals surface area contributed by atoms with Crippen LogP contribution in [-0.2, 0) is 4.57 Å². The SMILES string of the molecule is Cc1cc([P+](=O)O)c(C)n1-c1ccc(Br)cc1. The van der Waals surface area contributed by atoms with Crippen LogP contribution in [0.25, 0.3) is 5.69 Å². The van der Waals surface area contributed by atoms with Crippen molar-refractivity contribution in [3.05, 3.63) is 46.2 Å². The lowest BCUT2D eigenvalue weighted by Crippen LogP contribution is -2.03. The van der Waals surface area contributed by atoms with Crippen LogP contribution in [0.2, 0.25) is 0 Å². The molecule has 0 aliphatic heterocycles. The molecule has 5 heteroatoms. The highest BCUT2D eigenvalue weighted by Crippen LogP contribution is 2.23. The van der Waals surface area contributed by atoms with Gasteiger partial charge in [-0.3, -0.25) is 0 Å². The van der Waals surface area contributed by atoms with E-state index in [1.807, 2.05) is 42.7 Å². The minimum Gasteiger partial charge on any atom is -0.314 e. The van der Waals surface area contributed by atoms with E-state index in [1.54, 1.807) is 6.07 Å². The quantitative estimate of drug-likeness (QED) is 0.865. The Labute approximate surface area is 109 Å². The van der Waals surface area contributed by atoms with Crippen molar-refractivity contribution in [2.45, 2.75) is 13.8 Å². The van der Waals surface area contributed by atoms with Gasteiger partial charge in [-0.1, -0.05) is 15.9 Å². The molecular formula is C12H12BrNO2P+. The number of halogens is 1. The molecule has 2 aromatic rings. The third-order valence-electron chi connectivity index (χ3n) is 2.70. The van der Waals surface area contributed by atoms with E-state index >= 15 is 0 Å². The second-order valence-corrected chi connectivity index (χ2v) is 5.78. The van der Waals surface area contributed by atoms with Crippen molar-refractivity contribution in [3.63, 3.8) is 0 Å². The summed E-state index contributed by atoms with van der Waals surface area (Å²) in [5, 5.41) is 0.500. The Morgan fingerprint density at radius 3 is 2.29 bits per heavy atom. The molecule has 0 saturated heterocycles. The Hall–Kier alpha value is -0.960. The van der Waals surface area contributed by atoms with Gasteiger partial charge in [0, 0.05) is 21.9 Å². The first-order valence-corrected chi connectivity index (χ1v) is 7.12. The summed E-state index contributed by atoms with van der Waals surface area (Å²) in [5.74, 6) is 0. The smallest absolute Gasteiger partial charge is 0.314 e. The highest BCUT2D eigenvalue weighted by Gasteiger charge is 2.25. The van der Waals surface area contributed by atoms with Gasteiger partial charge in [-0.2, -0.15) is 4.89 Å². The van der Waals surface area contributed by atoms with E-state index in [9.17, 15) is 9.46 Å². The molecule has 1 N–H and O–H groups in total. The molecule has 0 amide bonds. The summed E-state index contributed by atoms with van der Waals surface area (Å²) in [5.41, 5.74) is 2.76. The highest BCUT2D eigenvalue weighted by atomic mass is 79.9. The van der Waals surface area contributed by atoms with E-state index in [2.05, 4.69) is 15.9 Å². The maximum absolute atomic E-state index is 11.2. The second kappa shape index (κ2) is 4.73. The molecule has 1 aromatic heterocycles. The summed E-state index contributed by atoms with van der Waals surface area (Å²) in [7, 11) is -2.29. The molecule has 0 radical (unpaired) electrons. The van der Waals surface area contributed by atoms with Crippen LogP contribution in [0.3, 0.4) is 0 Å². The van der Waals surface area contributed by atoms with Gasteiger partial charge in [0.05, 0.1) is 5.69 Å². The van der Waals surface area contributed by atoms with Crippen molar-refractivity contribution in [2.24, 2.45) is 0 Å². The van der Waals surface area contributed by atoms with Crippen molar-refractivity contribution >= 4 is 29.3 Å². The van der Waals surface area contributed by atoms with Crippen molar-refractivity contribution in [1.82, 2.24) is 4.57 Å². The summed E-state index contributed by atoms with van der Waals surface area (Å²) >= 11 is 3.39. The number of aromatic nitrogens is 1. The average Bonchev–Trinajstić information content (AvgIpc) is 2.56. The molecule has 0 fully saturated rings. The van der Waals surface area contributed by atoms with E-state index in [-0.39, 0.29) is 0 Å². The predicted octanol–water partition coefficient (Wildman–Crippen LogP) is 3.22. The molecule has 1 atom stereocenters. The molecule has 0 saturated carbocycles. The molecule has 17 heavy (non-hydrogen) atoms. The molecule has 1 heterocycles. The van der Waals surface area contributed by atoms with Crippen LogP contribution >= 0.6 is 24.0 Å². The molecule has 3 nitrogen and oxygen atoms in total. The van der Waals surface area contributed by atoms with Crippen LogP contribution in [0.4, 0.5) is 0 Å². The molecule has 0 bridgehead atoms. The minimum absolute atomic E-state index is 0.500. The Morgan fingerprint density at radius 2 is 1.82 bits per heavy atom. The number of benzene rings is 1. The summed E-state index contributed by atoms with van der Waals surface area (Å²) in [6.45, 7) is 3.78. The topological polar surface area (TPSA) is 42.2 Å². The lowest BCUT2D eigenvalue weighted by molar-refractivity contribution is 0.513. The third-order valence-corrected chi connectivity index (χ3v) is 4.09. The van der Waals surface area contributed by atoms with Gasteiger partial charge < -0.3 is 4.57 Å². The average molecular weight is 313 g/mol. The summed E-state index contributed by atoms with van der Waals surface area (Å²) in [6.07, 6.45) is 0. The number of rotatable bonds is 2. The standard InChI is InChI=1S/C12H11BrNO2P/c1-8-7-12(17(15)16)9(2)14(8)11-5-3-10(13)4-6-11/h3-7H,1-2H3/p+1. The van der Waals surface area contributed by atoms with Crippen molar-refractivity contribution in [3.8, 4) is 5.69 Å². The van der Waals surface area contributed by atoms with E-state index in [1.165, 1.54) is 0 Å². The largest absolute Gasteiger partial charge is 0.548 e. The first-order chi connectivity index (χ1) is 8.00. The lowest BCUT2D eigenvalue weighted by Gasteiger charge is -2.08. The number of aryl methyl sites for hydroxylation is 1. The fraction of sp³-hybridized carbons (Fsp3) is 0.167. The minimum atomic E-state index is -2.29. The van der Waals surface area contributed by atoms with Gasteiger partial charge in [0.15, 0.2) is 0 Å². The van der Waals surface area contributed by atoms with Gasteiger partial charge >= 0.3 is 8.03 Å². The zero-order valence-corrected chi connectivity index (χ0v) is 12.0. The molecular weight excluding hydrogens is 301 g/mol. The molecule has 1 unspecified atom stereocenters. The van der Waals surface area contributed by atoms with Crippen LogP contribution < -0.4 is 5.30 Å². The zero-order valence-electron chi connectivity index (χ0n) is 9.51. The van der Waals surface area contributed by atoms with E-state index in [0.717, 1.165) is 21.5 Å². The van der Waals surface area contributed by atoms with Crippen LogP contribution in [0.15, 0.2) is 34.8 Å². The predicted molar refractivity (Wildman–Crippen MR) is 72.4 cm³/mol. The Bertz CT molecular complexity index is 575. The van der Waals surface area contributed by atoms with Gasteiger partial charge in [-0.15, -0.1) is 0 Å². The maximum Gasteiger partial charge on any atom is 0.548 e. The Morgan fingerprint density at radius 1 is 1.24 bits per heavy atom. The van der Waals surface area contributed by atoms with Gasteiger partial charge in [0.25, 0.3) is 0 Å². The monoisotopic (exact) mass is 312 g/mol. The molecule has 88 valence electrons. The van der Waals surface area contributed by atoms with E-state index in [0.29, 0.717) is 5.30 Å². The van der Waals surface area contributed by atoms with Crippen molar-refractivity contribution in [2.75, 3.05) is 0 Å². The summed E-state index contributed by atoms with van der Waals surface area (Å²) in [6, 6.07) is 9.60.